The lowest BCUT2D eigenvalue weighted by Gasteiger charge is -2.06. The Kier molecular flexibility index (Phi) is 3.62. The summed E-state index contributed by atoms with van der Waals surface area (Å²) in [6.07, 6.45) is 0.771. The fraction of sp³-hybridized carbons (Fsp3) is 0.133. The van der Waals surface area contributed by atoms with Crippen LogP contribution in [0.25, 0.3) is 10.8 Å². The van der Waals surface area contributed by atoms with Gasteiger partial charge in [-0.2, -0.15) is 0 Å². The second-order valence-electron chi connectivity index (χ2n) is 4.45. The number of aryl methyl sites for hydroxylation is 1. The van der Waals surface area contributed by atoms with Crippen molar-refractivity contribution in [1.29, 1.82) is 0 Å². The van der Waals surface area contributed by atoms with Crippen LogP contribution in [0.4, 0.5) is 9.52 Å². The molecule has 0 spiro atoms. The molecule has 6 heteroatoms. The highest BCUT2D eigenvalue weighted by atomic mass is 32.1. The van der Waals surface area contributed by atoms with Crippen LogP contribution in [0.2, 0.25) is 0 Å². The topological polar surface area (TPSA) is 54.9 Å². The van der Waals surface area contributed by atoms with Crippen molar-refractivity contribution >= 4 is 33.1 Å². The van der Waals surface area contributed by atoms with Crippen LogP contribution in [0.15, 0.2) is 36.4 Å². The molecule has 106 valence electrons. The summed E-state index contributed by atoms with van der Waals surface area (Å²) < 4.78 is 13.8. The smallest absolute Gasteiger partial charge is 0.258 e. The number of amides is 1. The molecule has 0 fully saturated rings. The van der Waals surface area contributed by atoms with Crippen LogP contribution >= 0.6 is 11.3 Å². The van der Waals surface area contributed by atoms with Crippen LogP contribution < -0.4 is 5.32 Å². The summed E-state index contributed by atoms with van der Waals surface area (Å²) in [7, 11) is 0. The van der Waals surface area contributed by atoms with E-state index in [1.807, 2.05) is 6.92 Å². The molecule has 0 aliphatic heterocycles. The lowest BCUT2D eigenvalue weighted by Crippen LogP contribution is -2.12. The van der Waals surface area contributed by atoms with Crippen molar-refractivity contribution in [2.75, 3.05) is 5.32 Å². The zero-order valence-corrected chi connectivity index (χ0v) is 12.1. The largest absolute Gasteiger partial charge is 0.296 e. The Hall–Kier alpha value is -2.34. The number of anilines is 1. The van der Waals surface area contributed by atoms with Crippen LogP contribution in [-0.4, -0.2) is 16.1 Å². The molecule has 0 bridgehead atoms. The average molecular weight is 301 g/mol. The maximum absolute atomic E-state index is 13.8. The van der Waals surface area contributed by atoms with E-state index in [4.69, 9.17) is 0 Å². The maximum Gasteiger partial charge on any atom is 0.258 e. The zero-order chi connectivity index (χ0) is 14.8. The molecule has 0 radical (unpaired) electrons. The van der Waals surface area contributed by atoms with Gasteiger partial charge in [0.15, 0.2) is 0 Å². The number of carbonyl (C=O) groups is 1. The van der Waals surface area contributed by atoms with E-state index in [1.165, 1.54) is 23.5 Å². The minimum absolute atomic E-state index is 0.315. The Morgan fingerprint density at radius 1 is 1.19 bits per heavy atom. The molecular formula is C15H12FN3OS. The van der Waals surface area contributed by atoms with Crippen molar-refractivity contribution in [2.45, 2.75) is 13.3 Å². The number of nitrogens with zero attached hydrogens (tertiary/aromatic N) is 2. The first-order valence-corrected chi connectivity index (χ1v) is 7.31. The molecule has 1 aromatic heterocycles. The molecule has 0 unspecified atom stereocenters. The third-order valence-corrected chi connectivity index (χ3v) is 4.09. The van der Waals surface area contributed by atoms with Gasteiger partial charge in [-0.15, -0.1) is 10.2 Å². The number of rotatable bonds is 3. The third-order valence-electron chi connectivity index (χ3n) is 3.11. The normalized spacial score (nSPS) is 10.8. The Bertz CT molecular complexity index is 816. The summed E-state index contributed by atoms with van der Waals surface area (Å²) in [5.41, 5.74) is 0.417. The van der Waals surface area contributed by atoms with E-state index in [1.54, 1.807) is 24.3 Å². The van der Waals surface area contributed by atoms with Crippen LogP contribution in [0.1, 0.15) is 22.3 Å². The van der Waals surface area contributed by atoms with Crippen LogP contribution in [0.5, 0.6) is 0 Å². The van der Waals surface area contributed by atoms with Crippen LogP contribution in [0, 0.1) is 5.82 Å². The van der Waals surface area contributed by atoms with Gasteiger partial charge in [0.05, 0.1) is 0 Å². The number of hydrogen-bond acceptors (Lipinski definition) is 4. The van der Waals surface area contributed by atoms with Gasteiger partial charge in [0.25, 0.3) is 5.91 Å². The molecule has 1 amide bonds. The summed E-state index contributed by atoms with van der Waals surface area (Å²) in [5, 5.41) is 12.9. The minimum atomic E-state index is -0.341. The molecule has 1 N–H and O–H groups in total. The van der Waals surface area contributed by atoms with Gasteiger partial charge in [0, 0.05) is 10.9 Å². The van der Waals surface area contributed by atoms with Crippen LogP contribution in [-0.2, 0) is 6.42 Å². The highest BCUT2D eigenvalue weighted by Crippen LogP contribution is 2.23. The average Bonchev–Trinajstić information content (AvgIpc) is 2.95. The van der Waals surface area contributed by atoms with E-state index >= 15 is 0 Å². The molecule has 1 heterocycles. The first-order valence-electron chi connectivity index (χ1n) is 6.50. The summed E-state index contributed by atoms with van der Waals surface area (Å²) in [4.78, 5) is 12.3. The lowest BCUT2D eigenvalue weighted by molar-refractivity contribution is 0.102. The molecule has 0 atom stereocenters. The highest BCUT2D eigenvalue weighted by Gasteiger charge is 2.14. The number of fused-ring (bicyclic) bond motifs is 1. The number of hydrogen-bond donors (Lipinski definition) is 1. The van der Waals surface area contributed by atoms with E-state index < -0.39 is 0 Å². The molecule has 3 aromatic rings. The summed E-state index contributed by atoms with van der Waals surface area (Å²) >= 11 is 1.34. The molecule has 0 aliphatic carbocycles. The monoisotopic (exact) mass is 301 g/mol. The lowest BCUT2D eigenvalue weighted by atomic mass is 10.0. The SMILES string of the molecule is CCc1nnc(NC(=O)c2ccc(F)c3ccccc23)s1. The number of benzene rings is 2. The molecule has 21 heavy (non-hydrogen) atoms. The van der Waals surface area contributed by atoms with Gasteiger partial charge in [0.1, 0.15) is 10.8 Å². The molecular weight excluding hydrogens is 289 g/mol. The fourth-order valence-electron chi connectivity index (χ4n) is 2.07. The predicted octanol–water partition coefficient (Wildman–Crippen LogP) is 3.65. The van der Waals surface area contributed by atoms with E-state index in [2.05, 4.69) is 15.5 Å². The van der Waals surface area contributed by atoms with Crippen molar-refractivity contribution in [3.63, 3.8) is 0 Å². The van der Waals surface area contributed by atoms with Gasteiger partial charge in [-0.1, -0.05) is 42.5 Å². The molecule has 0 saturated heterocycles. The summed E-state index contributed by atoms with van der Waals surface area (Å²) in [6.45, 7) is 1.97. The first kappa shape index (κ1) is 13.6. The number of halogens is 1. The van der Waals surface area contributed by atoms with E-state index in [9.17, 15) is 9.18 Å². The number of nitrogens with one attached hydrogen (secondary N) is 1. The minimum Gasteiger partial charge on any atom is -0.296 e. The Labute approximate surface area is 124 Å². The van der Waals surface area contributed by atoms with Crippen molar-refractivity contribution in [2.24, 2.45) is 0 Å². The first-order chi connectivity index (χ1) is 10.2. The molecule has 0 saturated carbocycles. The second kappa shape index (κ2) is 5.57. The molecule has 4 nitrogen and oxygen atoms in total. The zero-order valence-electron chi connectivity index (χ0n) is 11.3. The highest BCUT2D eigenvalue weighted by molar-refractivity contribution is 7.15. The van der Waals surface area contributed by atoms with Gasteiger partial charge in [-0.3, -0.25) is 10.1 Å². The molecule has 3 rings (SSSR count). The van der Waals surface area contributed by atoms with E-state index in [0.717, 1.165) is 11.4 Å². The van der Waals surface area contributed by atoms with Gasteiger partial charge in [0.2, 0.25) is 5.13 Å². The summed E-state index contributed by atoms with van der Waals surface area (Å²) in [6, 6.07) is 9.68. The van der Waals surface area contributed by atoms with Gasteiger partial charge >= 0.3 is 0 Å². The van der Waals surface area contributed by atoms with Crippen molar-refractivity contribution < 1.29 is 9.18 Å². The standard InChI is InChI=1S/C15H12FN3OS/c1-2-13-18-19-15(21-13)17-14(20)11-7-8-12(16)10-6-4-3-5-9(10)11/h3-8H,2H2,1H3,(H,17,19,20). The Morgan fingerprint density at radius 2 is 1.95 bits per heavy atom. The Balaban J connectivity index is 1.96. The fourth-order valence-corrected chi connectivity index (χ4v) is 2.75. The molecule has 0 aliphatic rings. The van der Waals surface area contributed by atoms with Crippen molar-refractivity contribution in [3.8, 4) is 0 Å². The maximum atomic E-state index is 13.8. The van der Waals surface area contributed by atoms with Gasteiger partial charge < -0.3 is 0 Å². The number of aromatic nitrogens is 2. The predicted molar refractivity (Wildman–Crippen MR) is 81.1 cm³/mol. The second-order valence-corrected chi connectivity index (χ2v) is 5.51. The van der Waals surface area contributed by atoms with E-state index in [0.29, 0.717) is 21.5 Å². The van der Waals surface area contributed by atoms with Crippen LogP contribution in [0.3, 0.4) is 0 Å². The Morgan fingerprint density at radius 3 is 2.67 bits per heavy atom. The van der Waals surface area contributed by atoms with Gasteiger partial charge in [-0.05, 0) is 23.9 Å². The third kappa shape index (κ3) is 2.62. The summed E-state index contributed by atoms with van der Waals surface area (Å²) in [5.74, 6) is -0.656. The van der Waals surface area contributed by atoms with Crippen molar-refractivity contribution in [1.82, 2.24) is 10.2 Å². The molecule has 2 aromatic carbocycles. The van der Waals surface area contributed by atoms with Gasteiger partial charge in [-0.25, -0.2) is 4.39 Å². The van der Waals surface area contributed by atoms with E-state index in [-0.39, 0.29) is 11.7 Å². The quantitative estimate of drug-likeness (QED) is 0.803. The van der Waals surface area contributed by atoms with Crippen molar-refractivity contribution in [3.05, 3.63) is 52.8 Å². The number of carbonyl (C=O) groups excluding carboxylic acids is 1.